The summed E-state index contributed by atoms with van der Waals surface area (Å²) in [5.74, 6) is 0.397. The number of nitrogen functional groups attached to an aromatic ring is 1. The Morgan fingerprint density at radius 3 is 3.00 bits per heavy atom. The van der Waals surface area contributed by atoms with E-state index >= 15 is 0 Å². The van der Waals surface area contributed by atoms with Gasteiger partial charge in [-0.15, -0.1) is 0 Å². The Morgan fingerprint density at radius 1 is 1.46 bits per heavy atom. The molecule has 2 rings (SSSR count). The molecule has 70 valence electrons. The van der Waals surface area contributed by atoms with Crippen LogP contribution in [0.25, 0.3) is 0 Å². The minimum absolute atomic E-state index is 0.171. The van der Waals surface area contributed by atoms with Crippen molar-refractivity contribution in [2.75, 3.05) is 5.73 Å². The number of nitrogens with two attached hydrogens (primary N) is 1. The maximum absolute atomic E-state index is 5.58. The molecule has 3 heteroatoms. The largest absolute Gasteiger partial charge is 0.368 e. The van der Waals surface area contributed by atoms with Crippen LogP contribution in [0.1, 0.15) is 37.9 Å². The average Bonchev–Trinajstić information content (AvgIpc) is 2.06. The molecule has 0 radical (unpaired) electrons. The van der Waals surface area contributed by atoms with Gasteiger partial charge in [0.2, 0.25) is 5.95 Å². The zero-order chi connectivity index (χ0) is 9.47. The highest BCUT2D eigenvalue weighted by atomic mass is 15.0. The lowest BCUT2D eigenvalue weighted by molar-refractivity contribution is 0.417. The van der Waals surface area contributed by atoms with Gasteiger partial charge < -0.3 is 5.73 Å². The summed E-state index contributed by atoms with van der Waals surface area (Å²) in [5.41, 5.74) is 8.17. The zero-order valence-electron chi connectivity index (χ0n) is 8.17. The fourth-order valence-corrected chi connectivity index (χ4v) is 2.03. The van der Waals surface area contributed by atoms with E-state index in [1.54, 1.807) is 0 Å². The van der Waals surface area contributed by atoms with Gasteiger partial charge in [0.05, 0.1) is 5.69 Å². The first-order valence-electron chi connectivity index (χ1n) is 4.71. The van der Waals surface area contributed by atoms with Gasteiger partial charge in [-0.1, -0.05) is 13.8 Å². The van der Waals surface area contributed by atoms with Crippen molar-refractivity contribution in [1.82, 2.24) is 9.97 Å². The fraction of sp³-hybridized carbons (Fsp3) is 0.600. The molecule has 0 fully saturated rings. The summed E-state index contributed by atoms with van der Waals surface area (Å²) in [5, 5.41) is 0. The second kappa shape index (κ2) is 2.69. The van der Waals surface area contributed by atoms with Gasteiger partial charge in [-0.2, -0.15) is 0 Å². The van der Waals surface area contributed by atoms with E-state index in [0.717, 1.165) is 12.1 Å². The number of rotatable bonds is 0. The van der Waals surface area contributed by atoms with Crippen molar-refractivity contribution in [3.05, 3.63) is 17.5 Å². The molecule has 3 nitrogen and oxygen atoms in total. The first-order chi connectivity index (χ1) is 6.09. The molecule has 1 aromatic heterocycles. The molecule has 13 heavy (non-hydrogen) atoms. The second-order valence-corrected chi connectivity index (χ2v) is 4.34. The SMILES string of the molecule is CC1(C)CCCc2cnc(N)nc21. The summed E-state index contributed by atoms with van der Waals surface area (Å²) in [4.78, 5) is 8.36. The summed E-state index contributed by atoms with van der Waals surface area (Å²) in [7, 11) is 0. The standard InChI is InChI=1S/C10H15N3/c1-10(2)5-3-4-7-6-12-9(11)13-8(7)10/h6H,3-5H2,1-2H3,(H2,11,12,13). The molecule has 1 heterocycles. The first kappa shape index (κ1) is 8.48. The molecule has 0 unspecified atom stereocenters. The molecule has 0 aromatic carbocycles. The van der Waals surface area contributed by atoms with Crippen molar-refractivity contribution >= 4 is 5.95 Å². The summed E-state index contributed by atoms with van der Waals surface area (Å²) >= 11 is 0. The molecule has 0 saturated heterocycles. The van der Waals surface area contributed by atoms with Crippen molar-refractivity contribution in [2.24, 2.45) is 0 Å². The summed E-state index contributed by atoms with van der Waals surface area (Å²) < 4.78 is 0. The lowest BCUT2D eigenvalue weighted by Gasteiger charge is -2.30. The molecule has 2 N–H and O–H groups in total. The van der Waals surface area contributed by atoms with Crippen molar-refractivity contribution in [3.8, 4) is 0 Å². The highest BCUT2D eigenvalue weighted by Gasteiger charge is 2.29. The topological polar surface area (TPSA) is 51.8 Å². The predicted molar refractivity (Wildman–Crippen MR) is 52.4 cm³/mol. The summed E-state index contributed by atoms with van der Waals surface area (Å²) in [6.45, 7) is 4.44. The number of fused-ring (bicyclic) bond motifs is 1. The van der Waals surface area contributed by atoms with Gasteiger partial charge in [0.15, 0.2) is 0 Å². The molecule has 0 atom stereocenters. The monoisotopic (exact) mass is 177 g/mol. The Bertz CT molecular complexity index is 331. The van der Waals surface area contributed by atoms with Crippen molar-refractivity contribution < 1.29 is 0 Å². The van der Waals surface area contributed by atoms with E-state index in [-0.39, 0.29) is 5.41 Å². The van der Waals surface area contributed by atoms with E-state index in [9.17, 15) is 0 Å². The number of aryl methyl sites for hydroxylation is 1. The molecule has 1 aromatic rings. The van der Waals surface area contributed by atoms with Crippen LogP contribution in [0.15, 0.2) is 6.20 Å². The highest BCUT2D eigenvalue weighted by Crippen LogP contribution is 2.34. The van der Waals surface area contributed by atoms with Gasteiger partial charge in [0, 0.05) is 11.6 Å². The van der Waals surface area contributed by atoms with Crippen LogP contribution in [0.5, 0.6) is 0 Å². The molecule has 1 aliphatic rings. The quantitative estimate of drug-likeness (QED) is 0.656. The maximum Gasteiger partial charge on any atom is 0.220 e. The van der Waals surface area contributed by atoms with Gasteiger partial charge in [-0.05, 0) is 24.8 Å². The van der Waals surface area contributed by atoms with Crippen LogP contribution in [0, 0.1) is 0 Å². The smallest absolute Gasteiger partial charge is 0.220 e. The van der Waals surface area contributed by atoms with E-state index in [0.29, 0.717) is 5.95 Å². The van der Waals surface area contributed by atoms with Crippen LogP contribution in [0.3, 0.4) is 0 Å². The minimum Gasteiger partial charge on any atom is -0.368 e. The van der Waals surface area contributed by atoms with Crippen LogP contribution in [0.2, 0.25) is 0 Å². The lowest BCUT2D eigenvalue weighted by atomic mass is 9.76. The Balaban J connectivity index is 2.55. The van der Waals surface area contributed by atoms with Gasteiger partial charge in [-0.25, -0.2) is 9.97 Å². The van der Waals surface area contributed by atoms with Crippen LogP contribution in [0.4, 0.5) is 5.95 Å². The predicted octanol–water partition coefficient (Wildman–Crippen LogP) is 1.67. The van der Waals surface area contributed by atoms with E-state index in [2.05, 4.69) is 23.8 Å². The number of hydrogen-bond acceptors (Lipinski definition) is 3. The second-order valence-electron chi connectivity index (χ2n) is 4.34. The number of aromatic nitrogens is 2. The van der Waals surface area contributed by atoms with Crippen molar-refractivity contribution in [3.63, 3.8) is 0 Å². The first-order valence-corrected chi connectivity index (χ1v) is 4.71. The van der Waals surface area contributed by atoms with Crippen LogP contribution < -0.4 is 5.73 Å². The third-order valence-corrected chi connectivity index (χ3v) is 2.77. The Kier molecular flexibility index (Phi) is 1.75. The van der Waals surface area contributed by atoms with E-state index in [4.69, 9.17) is 5.73 Å². The zero-order valence-corrected chi connectivity index (χ0v) is 8.17. The van der Waals surface area contributed by atoms with Crippen LogP contribution >= 0.6 is 0 Å². The van der Waals surface area contributed by atoms with E-state index < -0.39 is 0 Å². The van der Waals surface area contributed by atoms with Crippen LogP contribution in [-0.4, -0.2) is 9.97 Å². The van der Waals surface area contributed by atoms with E-state index in [1.165, 1.54) is 18.4 Å². The number of anilines is 1. The number of hydrogen-bond donors (Lipinski definition) is 1. The molecule has 0 spiro atoms. The number of nitrogens with zero attached hydrogens (tertiary/aromatic N) is 2. The molecule has 0 bridgehead atoms. The fourth-order valence-electron chi connectivity index (χ4n) is 2.03. The lowest BCUT2D eigenvalue weighted by Crippen LogP contribution is -2.26. The van der Waals surface area contributed by atoms with Crippen LogP contribution in [-0.2, 0) is 11.8 Å². The van der Waals surface area contributed by atoms with Crippen molar-refractivity contribution in [1.29, 1.82) is 0 Å². The van der Waals surface area contributed by atoms with Crippen molar-refractivity contribution in [2.45, 2.75) is 38.5 Å². The highest BCUT2D eigenvalue weighted by molar-refractivity contribution is 5.32. The summed E-state index contributed by atoms with van der Waals surface area (Å²) in [6, 6.07) is 0. The molecule has 0 amide bonds. The van der Waals surface area contributed by atoms with Gasteiger partial charge in [0.25, 0.3) is 0 Å². The molecular formula is C10H15N3. The molecular weight excluding hydrogens is 162 g/mol. The minimum atomic E-state index is 0.171. The molecule has 0 aliphatic heterocycles. The molecule has 1 aliphatic carbocycles. The third-order valence-electron chi connectivity index (χ3n) is 2.77. The Morgan fingerprint density at radius 2 is 2.23 bits per heavy atom. The Labute approximate surface area is 78.4 Å². The van der Waals surface area contributed by atoms with Gasteiger partial charge in [0.1, 0.15) is 0 Å². The van der Waals surface area contributed by atoms with Gasteiger partial charge >= 0.3 is 0 Å². The normalized spacial score (nSPS) is 19.5. The van der Waals surface area contributed by atoms with Gasteiger partial charge in [-0.3, -0.25) is 0 Å². The molecule has 0 saturated carbocycles. The maximum atomic E-state index is 5.58. The summed E-state index contributed by atoms with van der Waals surface area (Å²) in [6.07, 6.45) is 5.39. The average molecular weight is 177 g/mol. The Hall–Kier alpha value is -1.12. The van der Waals surface area contributed by atoms with E-state index in [1.807, 2.05) is 6.20 Å². The third kappa shape index (κ3) is 1.39.